The normalized spacial score (nSPS) is 33.7. The zero-order chi connectivity index (χ0) is 30.2. The Morgan fingerprint density at radius 1 is 0.854 bits per heavy atom. The second-order valence-electron chi connectivity index (χ2n) is 9.25. The predicted octanol–water partition coefficient (Wildman–Crippen LogP) is -3.48. The summed E-state index contributed by atoms with van der Waals surface area (Å²) in [6.07, 6.45) is -12.4. The van der Waals surface area contributed by atoms with E-state index < -0.39 is 80.5 Å². The van der Waals surface area contributed by atoms with E-state index in [1.54, 1.807) is 0 Å². The summed E-state index contributed by atoms with van der Waals surface area (Å²) in [5.41, 5.74) is 8.16. The molecule has 41 heavy (non-hydrogen) atoms. The Morgan fingerprint density at radius 2 is 1.49 bits per heavy atom. The summed E-state index contributed by atoms with van der Waals surface area (Å²) in [6.45, 7) is 2.04. The Balaban J connectivity index is 1.79. The molecule has 10 atom stereocenters. The molecule has 238 valence electrons. The van der Waals surface area contributed by atoms with Crippen LogP contribution in [0.3, 0.4) is 0 Å². The maximum atomic E-state index is 11.5. The fourth-order valence-corrected chi connectivity index (χ4v) is 4.24. The molecular weight excluding hydrogens is 556 g/mol. The van der Waals surface area contributed by atoms with E-state index >= 15 is 0 Å². The number of carbonyl (C=O) groups is 1. The van der Waals surface area contributed by atoms with Crippen LogP contribution in [0, 0.1) is 0 Å². The molecule has 1 unspecified atom stereocenters. The molecular formula is C23H42N4O14. The van der Waals surface area contributed by atoms with Crippen LogP contribution in [0.5, 0.6) is 0 Å². The highest BCUT2D eigenvalue weighted by atomic mass is 16.7. The number of ether oxygens (including phenoxy) is 7. The molecule has 2 aliphatic heterocycles. The van der Waals surface area contributed by atoms with Crippen LogP contribution in [0.25, 0.3) is 10.4 Å². The fourth-order valence-electron chi connectivity index (χ4n) is 4.24. The van der Waals surface area contributed by atoms with Crippen LogP contribution >= 0.6 is 0 Å². The summed E-state index contributed by atoms with van der Waals surface area (Å²) < 4.78 is 38.1. The third kappa shape index (κ3) is 11.5. The number of aliphatic hydroxyl groups excluding tert-OH is 6. The van der Waals surface area contributed by atoms with Crippen molar-refractivity contribution in [1.29, 1.82) is 0 Å². The van der Waals surface area contributed by atoms with Crippen molar-refractivity contribution in [3.05, 3.63) is 10.4 Å². The lowest BCUT2D eigenvalue weighted by molar-refractivity contribution is -0.348. The Hall–Kier alpha value is -1.74. The van der Waals surface area contributed by atoms with Gasteiger partial charge in [0.2, 0.25) is 5.91 Å². The predicted molar refractivity (Wildman–Crippen MR) is 135 cm³/mol. The van der Waals surface area contributed by atoms with Crippen molar-refractivity contribution in [1.82, 2.24) is 5.32 Å². The molecule has 18 heteroatoms. The van der Waals surface area contributed by atoms with E-state index in [9.17, 15) is 35.4 Å². The van der Waals surface area contributed by atoms with Gasteiger partial charge >= 0.3 is 0 Å². The van der Waals surface area contributed by atoms with Crippen molar-refractivity contribution in [2.24, 2.45) is 5.11 Å². The van der Waals surface area contributed by atoms with Gasteiger partial charge in [-0.25, -0.2) is 0 Å². The third-order valence-corrected chi connectivity index (χ3v) is 6.24. The molecule has 0 bridgehead atoms. The summed E-state index contributed by atoms with van der Waals surface area (Å²) in [5, 5.41) is 67.3. The first-order valence-corrected chi connectivity index (χ1v) is 13.3. The Morgan fingerprint density at radius 3 is 2.10 bits per heavy atom. The van der Waals surface area contributed by atoms with E-state index in [4.69, 9.17) is 38.7 Å². The van der Waals surface area contributed by atoms with Gasteiger partial charge in [0, 0.05) is 31.6 Å². The molecule has 0 saturated carbocycles. The molecule has 0 aromatic carbocycles. The Labute approximate surface area is 236 Å². The van der Waals surface area contributed by atoms with Gasteiger partial charge in [0.05, 0.1) is 46.2 Å². The van der Waals surface area contributed by atoms with Crippen LogP contribution in [0.2, 0.25) is 0 Å². The van der Waals surface area contributed by atoms with Gasteiger partial charge in [-0.3, -0.25) is 4.79 Å². The summed E-state index contributed by atoms with van der Waals surface area (Å²) in [5.74, 6) is -0.566. The molecule has 2 rings (SSSR count). The van der Waals surface area contributed by atoms with E-state index in [1.807, 2.05) is 0 Å². The Kier molecular flexibility index (Phi) is 16.8. The zero-order valence-corrected chi connectivity index (χ0v) is 22.8. The van der Waals surface area contributed by atoms with E-state index in [-0.39, 0.29) is 19.8 Å². The number of nitrogens with zero attached hydrogens (tertiary/aromatic N) is 3. The molecule has 7 N–H and O–H groups in total. The minimum absolute atomic E-state index is 0.0330. The van der Waals surface area contributed by atoms with Crippen molar-refractivity contribution in [3.63, 3.8) is 0 Å². The lowest BCUT2D eigenvalue weighted by atomic mass is 9.95. The highest BCUT2D eigenvalue weighted by molar-refractivity contribution is 5.73. The van der Waals surface area contributed by atoms with Crippen LogP contribution in [0.1, 0.15) is 13.3 Å². The molecule has 2 heterocycles. The monoisotopic (exact) mass is 598 g/mol. The molecule has 0 aliphatic carbocycles. The SMILES string of the molecule is CC(=O)N[C@H]1C(O)O[C@H](CO)[C@@H](O[C@@H]2O[C@H](CO)[C@@H](O)[C@H](OCCOCCCOCCOCCN=[N+]=[N-])[C@@H]2O)[C@@H]1O. The number of hydrogen-bond acceptors (Lipinski definition) is 15. The van der Waals surface area contributed by atoms with Crippen LogP contribution in [-0.4, -0.2) is 164 Å². The van der Waals surface area contributed by atoms with Crippen molar-refractivity contribution in [2.75, 3.05) is 66.0 Å². The van der Waals surface area contributed by atoms with Crippen LogP contribution in [0.4, 0.5) is 0 Å². The van der Waals surface area contributed by atoms with E-state index in [2.05, 4.69) is 15.3 Å². The molecule has 18 nitrogen and oxygen atoms in total. The topological polar surface area (TPSA) is 264 Å². The summed E-state index contributed by atoms with van der Waals surface area (Å²) in [6, 6.07) is -1.31. The van der Waals surface area contributed by atoms with Crippen molar-refractivity contribution < 1.29 is 68.6 Å². The van der Waals surface area contributed by atoms with Gasteiger partial charge in [0.15, 0.2) is 12.6 Å². The molecule has 0 aromatic heterocycles. The number of carbonyl (C=O) groups excluding carboxylic acids is 1. The number of nitrogens with one attached hydrogen (secondary N) is 1. The molecule has 2 saturated heterocycles. The van der Waals surface area contributed by atoms with E-state index in [0.29, 0.717) is 39.5 Å². The van der Waals surface area contributed by atoms with Crippen molar-refractivity contribution in [2.45, 2.75) is 74.7 Å². The van der Waals surface area contributed by atoms with E-state index in [1.165, 1.54) is 6.92 Å². The first kappa shape index (κ1) is 35.5. The van der Waals surface area contributed by atoms with Gasteiger partial charge in [0.1, 0.15) is 48.8 Å². The fraction of sp³-hybridized carbons (Fsp3) is 0.957. The number of hydrogen-bond donors (Lipinski definition) is 7. The molecule has 2 fully saturated rings. The van der Waals surface area contributed by atoms with Gasteiger partial charge in [0.25, 0.3) is 0 Å². The summed E-state index contributed by atoms with van der Waals surface area (Å²) in [7, 11) is 0. The largest absolute Gasteiger partial charge is 0.394 e. The smallest absolute Gasteiger partial charge is 0.217 e. The van der Waals surface area contributed by atoms with Crippen LogP contribution in [0.15, 0.2) is 5.11 Å². The maximum Gasteiger partial charge on any atom is 0.217 e. The number of rotatable bonds is 19. The first-order chi connectivity index (χ1) is 19.7. The van der Waals surface area contributed by atoms with Crippen molar-refractivity contribution in [3.8, 4) is 0 Å². The lowest BCUT2D eigenvalue weighted by Crippen LogP contribution is -2.67. The summed E-state index contributed by atoms with van der Waals surface area (Å²) >= 11 is 0. The van der Waals surface area contributed by atoms with Gasteiger partial charge in [-0.05, 0) is 12.0 Å². The molecule has 0 spiro atoms. The average Bonchev–Trinajstić information content (AvgIpc) is 2.95. The third-order valence-electron chi connectivity index (χ3n) is 6.24. The molecule has 2 aliphatic rings. The molecule has 0 radical (unpaired) electrons. The highest BCUT2D eigenvalue weighted by Crippen LogP contribution is 2.29. The van der Waals surface area contributed by atoms with Gasteiger partial charge in [-0.1, -0.05) is 5.11 Å². The quantitative estimate of drug-likeness (QED) is 0.0330. The number of amides is 1. The highest BCUT2D eigenvalue weighted by Gasteiger charge is 2.51. The minimum atomic E-state index is -1.65. The van der Waals surface area contributed by atoms with Gasteiger partial charge in [-0.2, -0.15) is 0 Å². The maximum absolute atomic E-state index is 11.5. The van der Waals surface area contributed by atoms with Gasteiger partial charge in [-0.15, -0.1) is 0 Å². The van der Waals surface area contributed by atoms with Crippen molar-refractivity contribution >= 4 is 5.91 Å². The zero-order valence-electron chi connectivity index (χ0n) is 22.8. The van der Waals surface area contributed by atoms with E-state index in [0.717, 1.165) is 0 Å². The number of aliphatic hydroxyl groups is 6. The number of azide groups is 1. The Bertz CT molecular complexity index is 793. The molecule has 1 amide bonds. The lowest BCUT2D eigenvalue weighted by Gasteiger charge is -2.47. The van der Waals surface area contributed by atoms with Gasteiger partial charge < -0.3 is 69.1 Å². The minimum Gasteiger partial charge on any atom is -0.394 e. The standard InChI is InChI=1S/C23H42N4O14/c1-13(30)26-16-18(32)20(15(12-29)39-22(16)34)41-23-19(33)21(17(31)14(11-28)40-23)38-10-9-36-5-2-4-35-7-8-37-6-3-25-27-24/h14-23,28-29,31-34H,2-12H2,1H3,(H,26,30)/t14-,15-,16-,17-,18-,19+,20-,21+,22?,23+/m1/s1. The second-order valence-corrected chi connectivity index (χ2v) is 9.25. The molecule has 0 aromatic rings. The first-order valence-electron chi connectivity index (χ1n) is 13.3. The van der Waals surface area contributed by atoms with Crippen LogP contribution in [-0.2, 0) is 38.0 Å². The average molecular weight is 599 g/mol. The van der Waals surface area contributed by atoms with Crippen LogP contribution < -0.4 is 5.32 Å². The summed E-state index contributed by atoms with van der Waals surface area (Å²) in [4.78, 5) is 14.1. The second kappa shape index (κ2) is 19.4.